The van der Waals surface area contributed by atoms with Crippen LogP contribution in [0.3, 0.4) is 0 Å². The Morgan fingerprint density at radius 3 is 2.38 bits per heavy atom. The van der Waals surface area contributed by atoms with Gasteiger partial charge >= 0.3 is 8.56 Å². The second-order valence-electron chi connectivity index (χ2n) is 4.69. The average Bonchev–Trinajstić information content (AvgIpc) is 2.29. The predicted octanol–water partition coefficient (Wildman–Crippen LogP) is 3.88. The van der Waals surface area contributed by atoms with Crippen LogP contribution in [0.4, 0.5) is 0 Å². The molecule has 1 aliphatic rings. The molecule has 2 nitrogen and oxygen atoms in total. The molecule has 94 valence electrons. The highest BCUT2D eigenvalue weighted by Crippen LogP contribution is 2.27. The van der Waals surface area contributed by atoms with Crippen LogP contribution in [-0.2, 0) is 8.85 Å². The zero-order valence-electron chi connectivity index (χ0n) is 11.0. The highest BCUT2D eigenvalue weighted by Gasteiger charge is 2.31. The minimum Gasteiger partial charge on any atom is -0.395 e. The second kappa shape index (κ2) is 7.25. The van der Waals surface area contributed by atoms with Gasteiger partial charge in [-0.15, -0.1) is 0 Å². The Morgan fingerprint density at radius 1 is 1.19 bits per heavy atom. The maximum absolute atomic E-state index is 5.86. The van der Waals surface area contributed by atoms with Crippen molar-refractivity contribution in [3.63, 3.8) is 0 Å². The van der Waals surface area contributed by atoms with E-state index in [2.05, 4.69) is 32.5 Å². The highest BCUT2D eigenvalue weighted by atomic mass is 28.4. The largest absolute Gasteiger partial charge is 0.395 e. The maximum atomic E-state index is 5.86. The molecule has 0 N–H and O–H groups in total. The summed E-state index contributed by atoms with van der Waals surface area (Å²) in [4.78, 5) is 0. The molecule has 0 spiro atoms. The number of hydrogen-bond acceptors (Lipinski definition) is 2. The number of hydrogen-bond donors (Lipinski definition) is 0. The molecule has 3 heteroatoms. The van der Waals surface area contributed by atoms with Gasteiger partial charge in [0.2, 0.25) is 0 Å². The Labute approximate surface area is 101 Å². The van der Waals surface area contributed by atoms with Crippen molar-refractivity contribution in [3.8, 4) is 0 Å². The fourth-order valence-electron chi connectivity index (χ4n) is 2.38. The van der Waals surface area contributed by atoms with Crippen molar-refractivity contribution in [1.82, 2.24) is 0 Å². The average molecular weight is 242 g/mol. The summed E-state index contributed by atoms with van der Waals surface area (Å²) in [6.07, 6.45) is 9.76. The van der Waals surface area contributed by atoms with Gasteiger partial charge < -0.3 is 8.85 Å². The predicted molar refractivity (Wildman–Crippen MR) is 70.8 cm³/mol. The molecule has 1 unspecified atom stereocenters. The van der Waals surface area contributed by atoms with Crippen LogP contribution < -0.4 is 0 Å². The van der Waals surface area contributed by atoms with Crippen LogP contribution in [0.1, 0.15) is 39.5 Å². The Bertz CT molecular complexity index is 210. The van der Waals surface area contributed by atoms with E-state index in [9.17, 15) is 0 Å². The first-order valence-corrected chi connectivity index (χ1v) is 9.15. The van der Waals surface area contributed by atoms with E-state index in [1.807, 2.05) is 0 Å². The quantitative estimate of drug-likeness (QED) is 0.498. The van der Waals surface area contributed by atoms with Gasteiger partial charge in [0.25, 0.3) is 0 Å². The Balaban J connectivity index is 2.33. The van der Waals surface area contributed by atoms with Crippen molar-refractivity contribution in [2.45, 2.75) is 52.1 Å². The summed E-state index contributed by atoms with van der Waals surface area (Å²) in [5, 5.41) is 0. The topological polar surface area (TPSA) is 18.5 Å². The summed E-state index contributed by atoms with van der Waals surface area (Å²) >= 11 is 0. The Kier molecular flexibility index (Phi) is 6.32. The molecule has 0 amide bonds. The lowest BCUT2D eigenvalue weighted by atomic mass is 9.92. The zero-order valence-corrected chi connectivity index (χ0v) is 12.0. The van der Waals surface area contributed by atoms with Gasteiger partial charge in [0.1, 0.15) is 0 Å². The van der Waals surface area contributed by atoms with Gasteiger partial charge in [-0.25, -0.2) is 0 Å². The van der Waals surface area contributed by atoms with Crippen molar-refractivity contribution in [2.24, 2.45) is 5.92 Å². The third kappa shape index (κ3) is 4.81. The van der Waals surface area contributed by atoms with Crippen molar-refractivity contribution in [3.05, 3.63) is 12.2 Å². The van der Waals surface area contributed by atoms with Crippen LogP contribution in [0.5, 0.6) is 0 Å². The molecule has 0 saturated heterocycles. The van der Waals surface area contributed by atoms with Crippen LogP contribution in [0.2, 0.25) is 12.6 Å². The lowest BCUT2D eigenvalue weighted by Gasteiger charge is -2.28. The standard InChI is InChI=1S/C13H26O2Si/c1-4-14-16(3,15-5-2)12-11-13-9-7-6-8-10-13/h6-7,13H,4-5,8-12H2,1-3H3. The Morgan fingerprint density at radius 2 is 1.88 bits per heavy atom. The van der Waals surface area contributed by atoms with E-state index in [0.717, 1.165) is 25.2 Å². The summed E-state index contributed by atoms with van der Waals surface area (Å²) < 4.78 is 11.7. The summed E-state index contributed by atoms with van der Waals surface area (Å²) in [5.74, 6) is 0.859. The van der Waals surface area contributed by atoms with Crippen LogP contribution in [0.25, 0.3) is 0 Å². The first-order chi connectivity index (χ1) is 7.70. The molecule has 0 aliphatic heterocycles. The number of allylic oxidation sites excluding steroid dienone is 2. The highest BCUT2D eigenvalue weighted by molar-refractivity contribution is 6.66. The molecule has 0 aromatic carbocycles. The fraction of sp³-hybridized carbons (Fsp3) is 0.846. The molecular formula is C13H26O2Si. The van der Waals surface area contributed by atoms with Crippen molar-refractivity contribution < 1.29 is 8.85 Å². The van der Waals surface area contributed by atoms with Gasteiger partial charge in [0.05, 0.1) is 0 Å². The van der Waals surface area contributed by atoms with E-state index < -0.39 is 8.56 Å². The minimum absolute atomic E-state index is 0.785. The zero-order chi connectivity index (χ0) is 11.9. The van der Waals surface area contributed by atoms with Crippen molar-refractivity contribution >= 4 is 8.56 Å². The van der Waals surface area contributed by atoms with E-state index in [1.165, 1.54) is 25.7 Å². The third-order valence-corrected chi connectivity index (χ3v) is 6.28. The second-order valence-corrected chi connectivity index (χ2v) is 8.03. The van der Waals surface area contributed by atoms with Gasteiger partial charge in [-0.05, 0) is 58.0 Å². The van der Waals surface area contributed by atoms with Gasteiger partial charge in [0, 0.05) is 13.2 Å². The van der Waals surface area contributed by atoms with Crippen LogP contribution in [-0.4, -0.2) is 21.8 Å². The molecule has 0 aromatic rings. The van der Waals surface area contributed by atoms with Gasteiger partial charge in [0.15, 0.2) is 0 Å². The van der Waals surface area contributed by atoms with Crippen LogP contribution >= 0.6 is 0 Å². The molecule has 0 radical (unpaired) electrons. The summed E-state index contributed by atoms with van der Waals surface area (Å²) in [6.45, 7) is 7.90. The lowest BCUT2D eigenvalue weighted by molar-refractivity contribution is 0.186. The third-order valence-electron chi connectivity index (χ3n) is 3.28. The lowest BCUT2D eigenvalue weighted by Crippen LogP contribution is -2.39. The van der Waals surface area contributed by atoms with Crippen molar-refractivity contribution in [1.29, 1.82) is 0 Å². The maximum Gasteiger partial charge on any atom is 0.334 e. The number of rotatable bonds is 7. The molecule has 1 aliphatic carbocycles. The summed E-state index contributed by atoms with van der Waals surface area (Å²) in [6, 6.07) is 1.15. The van der Waals surface area contributed by atoms with Crippen molar-refractivity contribution in [2.75, 3.05) is 13.2 Å². The monoisotopic (exact) mass is 242 g/mol. The molecule has 0 heterocycles. The Hall–Kier alpha value is -0.123. The minimum atomic E-state index is -1.86. The SMILES string of the molecule is CCO[Si](C)(CCC1CC=CCC1)OCC. The van der Waals surface area contributed by atoms with E-state index >= 15 is 0 Å². The van der Waals surface area contributed by atoms with E-state index in [-0.39, 0.29) is 0 Å². The fourth-order valence-corrected chi connectivity index (χ4v) is 4.91. The molecule has 1 rings (SSSR count). The molecule has 16 heavy (non-hydrogen) atoms. The summed E-state index contributed by atoms with van der Waals surface area (Å²) in [7, 11) is -1.86. The molecule has 0 bridgehead atoms. The smallest absolute Gasteiger partial charge is 0.334 e. The van der Waals surface area contributed by atoms with E-state index in [1.54, 1.807) is 0 Å². The first-order valence-electron chi connectivity index (χ1n) is 6.63. The van der Waals surface area contributed by atoms with E-state index in [0.29, 0.717) is 0 Å². The van der Waals surface area contributed by atoms with Crippen LogP contribution in [0.15, 0.2) is 12.2 Å². The normalized spacial score (nSPS) is 21.3. The van der Waals surface area contributed by atoms with E-state index in [4.69, 9.17) is 8.85 Å². The van der Waals surface area contributed by atoms with Gasteiger partial charge in [-0.2, -0.15) is 0 Å². The summed E-state index contributed by atoms with van der Waals surface area (Å²) in [5.41, 5.74) is 0. The van der Waals surface area contributed by atoms with Gasteiger partial charge in [-0.3, -0.25) is 0 Å². The first kappa shape index (κ1) is 13.9. The molecular weight excluding hydrogens is 216 g/mol. The molecule has 0 saturated carbocycles. The van der Waals surface area contributed by atoms with Crippen LogP contribution in [0, 0.1) is 5.92 Å². The van der Waals surface area contributed by atoms with Gasteiger partial charge in [-0.1, -0.05) is 12.2 Å². The molecule has 0 aromatic heterocycles. The molecule has 1 atom stereocenters. The molecule has 0 fully saturated rings.